The Kier molecular flexibility index (Phi) is 54.2. The molecule has 5 heteroatoms. The molecule has 0 aliphatic carbocycles. The van der Waals surface area contributed by atoms with Crippen LogP contribution in [0.15, 0.2) is 0 Å². The van der Waals surface area contributed by atoms with Crippen LogP contribution in [0.25, 0.3) is 10.6 Å². The van der Waals surface area contributed by atoms with Gasteiger partial charge in [-0.1, -0.05) is 182 Å². The topological polar surface area (TPSA) is 28.2 Å². The summed E-state index contributed by atoms with van der Waals surface area (Å²) >= 11 is -0.556. The molecule has 0 spiro atoms. The summed E-state index contributed by atoms with van der Waals surface area (Å²) in [6.07, 6.45) is 33.2. The molecule has 0 heterocycles. The zero-order valence-electron chi connectivity index (χ0n) is 25.9. The molecule has 0 aromatic heterocycles. The van der Waals surface area contributed by atoms with Crippen LogP contribution in [0.3, 0.4) is 0 Å². The van der Waals surface area contributed by atoms with Crippen molar-refractivity contribution in [1.82, 2.24) is 0 Å². The monoisotopic (exact) mass is 598 g/mol. The number of halogens is 2. The molecule has 0 N–H and O–H groups in total. The third kappa shape index (κ3) is 54.1. The van der Waals surface area contributed by atoms with Crippen LogP contribution >= 0.6 is 18.6 Å². The first-order valence-electron chi connectivity index (χ1n) is 16.5. The van der Waals surface area contributed by atoms with Gasteiger partial charge in [0.2, 0.25) is 0 Å². The summed E-state index contributed by atoms with van der Waals surface area (Å²) in [6, 6.07) is 0. The second-order valence-corrected chi connectivity index (χ2v) is 13.1. The fraction of sp³-hybridized carbons (Fsp3) is 1.00. The standard InChI is InChI=1S/2C16H34N.2ClH.Ti/c2*1-3-5-7-9-11-13-15-17-16-14-12-10-8-6-4-2;;;/h2*3-16H2,1-2H3;2*1H;/q2*-1;;;+2/p-2. The van der Waals surface area contributed by atoms with Crippen LogP contribution in [-0.4, -0.2) is 26.2 Å². The fourth-order valence-electron chi connectivity index (χ4n) is 4.24. The molecule has 0 fully saturated rings. The van der Waals surface area contributed by atoms with Gasteiger partial charge >= 0.3 is 35.6 Å². The Hall–Kier alpha value is 1.21. The fourth-order valence-corrected chi connectivity index (χ4v) is 4.24. The van der Waals surface area contributed by atoms with E-state index in [0.717, 1.165) is 26.2 Å². The second kappa shape index (κ2) is 47.0. The molecule has 0 bridgehead atoms. The van der Waals surface area contributed by atoms with E-state index in [1.807, 2.05) is 0 Å². The quantitative estimate of drug-likeness (QED) is 0.0632. The minimum absolute atomic E-state index is 0.556. The van der Waals surface area contributed by atoms with Gasteiger partial charge in [0.15, 0.2) is 0 Å². The van der Waals surface area contributed by atoms with Crippen molar-refractivity contribution in [2.24, 2.45) is 0 Å². The van der Waals surface area contributed by atoms with E-state index in [1.165, 1.54) is 154 Å². The number of hydrogen-bond donors (Lipinski definition) is 0. The first kappa shape index (κ1) is 42.7. The van der Waals surface area contributed by atoms with Gasteiger partial charge < -0.3 is 10.6 Å². The van der Waals surface area contributed by atoms with E-state index >= 15 is 0 Å². The van der Waals surface area contributed by atoms with Gasteiger partial charge in [-0.15, -0.1) is 26.2 Å². The predicted molar refractivity (Wildman–Crippen MR) is 171 cm³/mol. The van der Waals surface area contributed by atoms with Crippen LogP contribution in [0.4, 0.5) is 0 Å². The molecule has 0 aliphatic heterocycles. The van der Waals surface area contributed by atoms with Gasteiger partial charge in [0.1, 0.15) is 0 Å². The van der Waals surface area contributed by atoms with Crippen molar-refractivity contribution >= 4 is 18.6 Å². The van der Waals surface area contributed by atoms with Gasteiger partial charge in [-0.25, -0.2) is 0 Å². The van der Waals surface area contributed by atoms with E-state index in [0.29, 0.717) is 0 Å². The van der Waals surface area contributed by atoms with Crippen molar-refractivity contribution in [3.63, 3.8) is 0 Å². The molecule has 0 aromatic rings. The molecule has 2 nitrogen and oxygen atoms in total. The van der Waals surface area contributed by atoms with E-state index in [4.69, 9.17) is 18.6 Å². The van der Waals surface area contributed by atoms with Gasteiger partial charge in [-0.3, -0.25) is 0 Å². The SMILES string of the molecule is CCCCCCCC[N-]CCCCCCCC.CCCCCCCC[N-]CCCCCCCC.[Cl][Ti][Cl]. The Morgan fingerprint density at radius 2 is 0.486 bits per heavy atom. The molecule has 37 heavy (non-hydrogen) atoms. The van der Waals surface area contributed by atoms with E-state index in [9.17, 15) is 0 Å². The molecule has 0 rings (SSSR count). The van der Waals surface area contributed by atoms with Gasteiger partial charge in [-0.05, 0) is 0 Å². The Labute approximate surface area is 253 Å². The average molecular weight is 600 g/mol. The normalized spacial score (nSPS) is 10.4. The number of rotatable bonds is 28. The summed E-state index contributed by atoms with van der Waals surface area (Å²) in [4.78, 5) is 0. The van der Waals surface area contributed by atoms with Crippen molar-refractivity contribution in [1.29, 1.82) is 0 Å². The van der Waals surface area contributed by atoms with Crippen molar-refractivity contribution in [3.8, 4) is 0 Å². The zero-order valence-corrected chi connectivity index (χ0v) is 29.0. The van der Waals surface area contributed by atoms with Gasteiger partial charge in [0.25, 0.3) is 0 Å². The van der Waals surface area contributed by atoms with Crippen LogP contribution in [0.5, 0.6) is 0 Å². The summed E-state index contributed by atoms with van der Waals surface area (Å²) in [6.45, 7) is 13.5. The molecule has 0 radical (unpaired) electrons. The third-order valence-electron chi connectivity index (χ3n) is 6.68. The second-order valence-electron chi connectivity index (χ2n) is 10.5. The minimum atomic E-state index is -0.556. The van der Waals surface area contributed by atoms with E-state index in [1.54, 1.807) is 0 Å². The summed E-state index contributed by atoms with van der Waals surface area (Å²) in [5, 5.41) is 9.21. The molecule has 0 unspecified atom stereocenters. The van der Waals surface area contributed by atoms with E-state index < -0.39 is 17.0 Å². The predicted octanol–water partition coefficient (Wildman–Crippen LogP) is 13.5. The molecule has 0 saturated carbocycles. The van der Waals surface area contributed by atoms with Crippen LogP contribution in [0, 0.1) is 0 Å². The Morgan fingerprint density at radius 1 is 0.324 bits per heavy atom. The molecule has 0 aromatic carbocycles. The van der Waals surface area contributed by atoms with Crippen molar-refractivity contribution in [3.05, 3.63) is 10.6 Å². The Bertz CT molecular complexity index is 278. The first-order chi connectivity index (χ1) is 18.2. The Balaban J connectivity index is -0.000000564. The van der Waals surface area contributed by atoms with Crippen LogP contribution in [0.1, 0.15) is 182 Å². The summed E-state index contributed by atoms with van der Waals surface area (Å²) in [7, 11) is 9.78. The third-order valence-corrected chi connectivity index (χ3v) is 6.68. The van der Waals surface area contributed by atoms with E-state index in [-0.39, 0.29) is 0 Å². The maximum atomic E-state index is 4.89. The van der Waals surface area contributed by atoms with Crippen LogP contribution in [0.2, 0.25) is 0 Å². The molecule has 0 atom stereocenters. The van der Waals surface area contributed by atoms with E-state index in [2.05, 4.69) is 38.3 Å². The summed E-state index contributed by atoms with van der Waals surface area (Å²) in [5.41, 5.74) is 0. The van der Waals surface area contributed by atoms with Gasteiger partial charge in [-0.2, -0.15) is 0 Å². The van der Waals surface area contributed by atoms with Crippen LogP contribution in [-0.2, 0) is 17.0 Å². The van der Waals surface area contributed by atoms with Crippen molar-refractivity contribution < 1.29 is 17.0 Å². The molecule has 0 amide bonds. The Morgan fingerprint density at radius 3 is 0.676 bits per heavy atom. The molecular formula is C32H68Cl2N2Ti-2. The van der Waals surface area contributed by atoms with Gasteiger partial charge in [0.05, 0.1) is 0 Å². The summed E-state index contributed by atoms with van der Waals surface area (Å²) < 4.78 is 0. The molecule has 0 aliphatic rings. The first-order valence-corrected chi connectivity index (χ1v) is 20.8. The van der Waals surface area contributed by atoms with Crippen molar-refractivity contribution in [2.75, 3.05) is 26.2 Å². The maximum absolute atomic E-state index is 4.89. The summed E-state index contributed by atoms with van der Waals surface area (Å²) in [5.74, 6) is 0. The molecule has 0 saturated heterocycles. The van der Waals surface area contributed by atoms with Gasteiger partial charge in [0, 0.05) is 0 Å². The molecular weight excluding hydrogens is 531 g/mol. The number of hydrogen-bond acceptors (Lipinski definition) is 0. The average Bonchev–Trinajstić information content (AvgIpc) is 2.90. The molecule has 226 valence electrons. The number of unbranched alkanes of at least 4 members (excludes halogenated alkanes) is 20. The zero-order chi connectivity index (χ0) is 27.9. The number of nitrogens with zero attached hydrogens (tertiary/aromatic N) is 2. The van der Waals surface area contributed by atoms with Crippen LogP contribution < -0.4 is 0 Å². The van der Waals surface area contributed by atoms with Crippen molar-refractivity contribution in [2.45, 2.75) is 182 Å².